The van der Waals surface area contributed by atoms with Crippen molar-refractivity contribution in [2.24, 2.45) is 11.8 Å². The molecule has 2 rings (SSSR count). The van der Waals surface area contributed by atoms with Gasteiger partial charge in [0.15, 0.2) is 0 Å². The lowest BCUT2D eigenvalue weighted by Crippen LogP contribution is -2.25. The van der Waals surface area contributed by atoms with Gasteiger partial charge in [-0.2, -0.15) is 0 Å². The van der Waals surface area contributed by atoms with Crippen LogP contribution in [-0.2, 0) is 6.54 Å². The Hall–Kier alpha value is -1.15. The van der Waals surface area contributed by atoms with E-state index in [-0.39, 0.29) is 5.82 Å². The van der Waals surface area contributed by atoms with Crippen LogP contribution in [-0.4, -0.2) is 6.54 Å². The van der Waals surface area contributed by atoms with Crippen LogP contribution in [0.3, 0.4) is 0 Å². The first-order valence-corrected chi connectivity index (χ1v) is 6.76. The number of halogens is 1. The van der Waals surface area contributed by atoms with Crippen molar-refractivity contribution in [1.29, 1.82) is 0 Å². The van der Waals surface area contributed by atoms with E-state index in [1.54, 1.807) is 12.1 Å². The Bertz CT molecular complexity index is 425. The number of nitrogens with one attached hydrogen (secondary N) is 1. The summed E-state index contributed by atoms with van der Waals surface area (Å²) in [6, 6.07) is 6.81. The molecule has 1 aromatic rings. The van der Waals surface area contributed by atoms with E-state index in [1.807, 2.05) is 6.07 Å². The highest BCUT2D eigenvalue weighted by molar-refractivity contribution is 5.16. The quantitative estimate of drug-likeness (QED) is 0.795. The van der Waals surface area contributed by atoms with Crippen LogP contribution in [0, 0.1) is 17.7 Å². The van der Waals surface area contributed by atoms with Gasteiger partial charge in [0.2, 0.25) is 0 Å². The lowest BCUT2D eigenvalue weighted by atomic mass is 9.84. The molecule has 1 aromatic carbocycles. The summed E-state index contributed by atoms with van der Waals surface area (Å²) in [5.74, 6) is 1.26. The molecule has 0 radical (unpaired) electrons. The molecule has 0 saturated carbocycles. The van der Waals surface area contributed by atoms with Crippen molar-refractivity contribution in [3.63, 3.8) is 0 Å². The third-order valence-electron chi connectivity index (χ3n) is 3.54. The van der Waals surface area contributed by atoms with Gasteiger partial charge < -0.3 is 5.32 Å². The highest BCUT2D eigenvalue weighted by atomic mass is 19.1. The Labute approximate surface area is 109 Å². The first-order valence-electron chi connectivity index (χ1n) is 6.76. The molecule has 0 heterocycles. The summed E-state index contributed by atoms with van der Waals surface area (Å²) in [4.78, 5) is 0. The van der Waals surface area contributed by atoms with Gasteiger partial charge in [-0.3, -0.25) is 0 Å². The van der Waals surface area contributed by atoms with Gasteiger partial charge in [0, 0.05) is 6.54 Å². The molecule has 1 aliphatic carbocycles. The topological polar surface area (TPSA) is 12.0 Å². The van der Waals surface area contributed by atoms with Crippen molar-refractivity contribution in [1.82, 2.24) is 5.32 Å². The standard InChI is InChI=1S/C16H22FN/c1-12-6-13(2)8-15(7-12)11-18-10-14-4-3-5-16(17)9-14/h3-6,9,12,15,18H,7-8,10-11H2,1-2H3. The fourth-order valence-electron chi connectivity index (χ4n) is 2.91. The molecule has 1 nitrogen and oxygen atoms in total. The molecule has 0 spiro atoms. The summed E-state index contributed by atoms with van der Waals surface area (Å²) >= 11 is 0. The van der Waals surface area contributed by atoms with Gasteiger partial charge in [-0.15, -0.1) is 0 Å². The van der Waals surface area contributed by atoms with E-state index in [4.69, 9.17) is 0 Å². The molecule has 0 aromatic heterocycles. The summed E-state index contributed by atoms with van der Waals surface area (Å²) in [6.07, 6.45) is 4.83. The van der Waals surface area contributed by atoms with Crippen LogP contribution in [0.5, 0.6) is 0 Å². The molecule has 2 atom stereocenters. The van der Waals surface area contributed by atoms with Crippen molar-refractivity contribution in [3.05, 3.63) is 47.3 Å². The summed E-state index contributed by atoms with van der Waals surface area (Å²) in [7, 11) is 0. The number of benzene rings is 1. The Kier molecular flexibility index (Phi) is 4.54. The van der Waals surface area contributed by atoms with E-state index in [9.17, 15) is 4.39 Å². The zero-order chi connectivity index (χ0) is 13.0. The van der Waals surface area contributed by atoms with Crippen LogP contribution in [0.1, 0.15) is 32.3 Å². The molecule has 0 fully saturated rings. The third-order valence-corrected chi connectivity index (χ3v) is 3.54. The number of hydrogen-bond acceptors (Lipinski definition) is 1. The van der Waals surface area contributed by atoms with Crippen LogP contribution >= 0.6 is 0 Å². The Morgan fingerprint density at radius 2 is 2.22 bits per heavy atom. The second kappa shape index (κ2) is 6.14. The molecule has 2 heteroatoms. The molecule has 18 heavy (non-hydrogen) atoms. The minimum absolute atomic E-state index is 0.153. The van der Waals surface area contributed by atoms with Gasteiger partial charge in [-0.25, -0.2) is 4.39 Å². The molecular weight excluding hydrogens is 225 g/mol. The zero-order valence-corrected chi connectivity index (χ0v) is 11.2. The molecular formula is C16H22FN. The minimum Gasteiger partial charge on any atom is -0.312 e. The van der Waals surface area contributed by atoms with Crippen molar-refractivity contribution in [3.8, 4) is 0 Å². The molecule has 2 unspecified atom stereocenters. The summed E-state index contributed by atoms with van der Waals surface area (Å²) in [5, 5.41) is 3.45. The fraction of sp³-hybridized carbons (Fsp3) is 0.500. The SMILES string of the molecule is CC1=CC(C)CC(CNCc2cccc(F)c2)C1. The average molecular weight is 247 g/mol. The molecule has 0 saturated heterocycles. The smallest absolute Gasteiger partial charge is 0.123 e. The van der Waals surface area contributed by atoms with E-state index in [0.717, 1.165) is 24.6 Å². The maximum Gasteiger partial charge on any atom is 0.123 e. The molecule has 0 amide bonds. The highest BCUT2D eigenvalue weighted by Gasteiger charge is 2.17. The second-order valence-corrected chi connectivity index (χ2v) is 5.56. The van der Waals surface area contributed by atoms with Crippen LogP contribution < -0.4 is 5.32 Å². The van der Waals surface area contributed by atoms with E-state index >= 15 is 0 Å². The molecule has 1 aliphatic rings. The Morgan fingerprint density at radius 3 is 2.94 bits per heavy atom. The summed E-state index contributed by atoms with van der Waals surface area (Å²) < 4.78 is 13.0. The highest BCUT2D eigenvalue weighted by Crippen LogP contribution is 2.27. The van der Waals surface area contributed by atoms with Gasteiger partial charge in [0.1, 0.15) is 5.82 Å². The first kappa shape index (κ1) is 13.3. The van der Waals surface area contributed by atoms with Crippen molar-refractivity contribution < 1.29 is 4.39 Å². The predicted molar refractivity (Wildman–Crippen MR) is 73.8 cm³/mol. The van der Waals surface area contributed by atoms with Gasteiger partial charge >= 0.3 is 0 Å². The predicted octanol–water partition coefficient (Wildman–Crippen LogP) is 3.91. The maximum atomic E-state index is 13.0. The normalized spacial score (nSPS) is 23.8. The van der Waals surface area contributed by atoms with Crippen molar-refractivity contribution in [2.45, 2.75) is 33.2 Å². The third kappa shape index (κ3) is 3.95. The van der Waals surface area contributed by atoms with Gasteiger partial charge in [0.05, 0.1) is 0 Å². The van der Waals surface area contributed by atoms with E-state index in [1.165, 1.54) is 24.5 Å². The molecule has 1 N–H and O–H groups in total. The first-order chi connectivity index (χ1) is 8.63. The van der Waals surface area contributed by atoms with Gasteiger partial charge in [-0.1, -0.05) is 30.7 Å². The van der Waals surface area contributed by atoms with Crippen LogP contribution in [0.15, 0.2) is 35.9 Å². The average Bonchev–Trinajstić information content (AvgIpc) is 2.27. The van der Waals surface area contributed by atoms with Gasteiger partial charge in [-0.05, 0) is 55.8 Å². The summed E-state index contributed by atoms with van der Waals surface area (Å²) in [5.41, 5.74) is 2.53. The number of hydrogen-bond donors (Lipinski definition) is 1. The van der Waals surface area contributed by atoms with Crippen LogP contribution in [0.2, 0.25) is 0 Å². The second-order valence-electron chi connectivity index (χ2n) is 5.56. The lowest BCUT2D eigenvalue weighted by Gasteiger charge is -2.25. The zero-order valence-electron chi connectivity index (χ0n) is 11.2. The van der Waals surface area contributed by atoms with Crippen molar-refractivity contribution in [2.75, 3.05) is 6.54 Å². The number of rotatable bonds is 4. The van der Waals surface area contributed by atoms with E-state index < -0.39 is 0 Å². The minimum atomic E-state index is -0.153. The molecule has 0 bridgehead atoms. The van der Waals surface area contributed by atoms with Gasteiger partial charge in [0.25, 0.3) is 0 Å². The van der Waals surface area contributed by atoms with Crippen LogP contribution in [0.4, 0.5) is 4.39 Å². The van der Waals surface area contributed by atoms with E-state index in [2.05, 4.69) is 25.2 Å². The molecule has 0 aliphatic heterocycles. The molecule has 98 valence electrons. The van der Waals surface area contributed by atoms with E-state index in [0.29, 0.717) is 5.92 Å². The maximum absolute atomic E-state index is 13.0. The Balaban J connectivity index is 1.77. The van der Waals surface area contributed by atoms with Crippen molar-refractivity contribution >= 4 is 0 Å². The summed E-state index contributed by atoms with van der Waals surface area (Å²) in [6.45, 7) is 6.27. The Morgan fingerprint density at radius 1 is 1.39 bits per heavy atom. The number of allylic oxidation sites excluding steroid dienone is 2. The fourth-order valence-corrected chi connectivity index (χ4v) is 2.91. The monoisotopic (exact) mass is 247 g/mol. The van der Waals surface area contributed by atoms with Crippen LogP contribution in [0.25, 0.3) is 0 Å². The lowest BCUT2D eigenvalue weighted by molar-refractivity contribution is 0.381. The largest absolute Gasteiger partial charge is 0.312 e.